The molecule has 0 atom stereocenters. The molecule has 1 aliphatic heterocycles. The summed E-state index contributed by atoms with van der Waals surface area (Å²) < 4.78 is 3.91. The number of carbonyl (C=O) groups excluding carboxylic acids is 1. The lowest BCUT2D eigenvalue weighted by Gasteiger charge is -2.25. The van der Waals surface area contributed by atoms with Crippen molar-refractivity contribution in [1.82, 2.24) is 19.2 Å². The van der Waals surface area contributed by atoms with Gasteiger partial charge in [-0.2, -0.15) is 4.37 Å². The average Bonchev–Trinajstić information content (AvgIpc) is 2.95. The minimum atomic E-state index is -0.0657. The molecule has 2 aromatic rings. The van der Waals surface area contributed by atoms with Crippen LogP contribution < -0.4 is 0 Å². The summed E-state index contributed by atoms with van der Waals surface area (Å²) in [6.45, 7) is 1.23. The predicted molar refractivity (Wildman–Crippen MR) is 64.2 cm³/mol. The van der Waals surface area contributed by atoms with E-state index in [0.717, 1.165) is 17.8 Å². The molecule has 0 unspecified atom stereocenters. The standard InChI is InChI=1S/C10H9ClN4OS/c11-9-6(4-17-14-9)10(16)15-2-1-7-8(3-15)13-5-12-7/h4-5H,1-3H2,(H,12,13). The normalized spacial score (nSPS) is 14.8. The number of hydrogen-bond acceptors (Lipinski definition) is 4. The molecule has 88 valence electrons. The van der Waals surface area contributed by atoms with Crippen LogP contribution in [0.4, 0.5) is 0 Å². The van der Waals surface area contributed by atoms with Crippen LogP contribution in [0.25, 0.3) is 0 Å². The lowest BCUT2D eigenvalue weighted by molar-refractivity contribution is 0.0732. The van der Waals surface area contributed by atoms with Crippen molar-refractivity contribution in [2.24, 2.45) is 0 Å². The van der Waals surface area contributed by atoms with Gasteiger partial charge in [-0.15, -0.1) is 0 Å². The maximum Gasteiger partial charge on any atom is 0.258 e. The molecule has 1 N–H and O–H groups in total. The molecular weight excluding hydrogens is 260 g/mol. The maximum absolute atomic E-state index is 12.2. The topological polar surface area (TPSA) is 61.9 Å². The molecule has 0 bridgehead atoms. The predicted octanol–water partition coefficient (Wildman–Crippen LogP) is 1.72. The van der Waals surface area contributed by atoms with Crippen LogP contribution in [0.1, 0.15) is 21.7 Å². The number of rotatable bonds is 1. The molecule has 0 aliphatic carbocycles. The first kappa shape index (κ1) is 10.7. The smallest absolute Gasteiger partial charge is 0.258 e. The third-order valence-corrected chi connectivity index (χ3v) is 3.84. The van der Waals surface area contributed by atoms with E-state index in [0.29, 0.717) is 18.7 Å². The Morgan fingerprint density at radius 2 is 2.47 bits per heavy atom. The van der Waals surface area contributed by atoms with Gasteiger partial charge in [0, 0.05) is 18.3 Å². The highest BCUT2D eigenvalue weighted by molar-refractivity contribution is 7.04. The lowest BCUT2D eigenvalue weighted by atomic mass is 10.1. The number of H-pyrrole nitrogens is 1. The third kappa shape index (κ3) is 1.83. The molecule has 1 aliphatic rings. The number of aromatic nitrogens is 3. The number of hydrogen-bond donors (Lipinski definition) is 1. The summed E-state index contributed by atoms with van der Waals surface area (Å²) in [5.74, 6) is -0.0657. The van der Waals surface area contributed by atoms with Crippen LogP contribution in [0.15, 0.2) is 11.7 Å². The maximum atomic E-state index is 12.2. The second kappa shape index (κ2) is 4.12. The molecule has 0 saturated carbocycles. The number of nitrogens with one attached hydrogen (secondary N) is 1. The molecule has 7 heteroatoms. The van der Waals surface area contributed by atoms with Crippen molar-refractivity contribution in [3.63, 3.8) is 0 Å². The van der Waals surface area contributed by atoms with Crippen LogP contribution in [-0.2, 0) is 13.0 Å². The molecule has 0 saturated heterocycles. The first-order valence-electron chi connectivity index (χ1n) is 5.16. The summed E-state index contributed by atoms with van der Waals surface area (Å²) >= 11 is 7.06. The van der Waals surface area contributed by atoms with Crippen LogP contribution in [-0.4, -0.2) is 31.7 Å². The first-order valence-corrected chi connectivity index (χ1v) is 6.37. The molecule has 0 fully saturated rings. The molecule has 0 spiro atoms. The Bertz CT molecular complexity index is 564. The number of carbonyl (C=O) groups is 1. The van der Waals surface area contributed by atoms with Gasteiger partial charge in [-0.25, -0.2) is 4.98 Å². The van der Waals surface area contributed by atoms with Gasteiger partial charge >= 0.3 is 0 Å². The average molecular weight is 269 g/mol. The number of amides is 1. The highest BCUT2D eigenvalue weighted by atomic mass is 35.5. The van der Waals surface area contributed by atoms with Crippen LogP contribution in [0.5, 0.6) is 0 Å². The number of fused-ring (bicyclic) bond motifs is 1. The first-order chi connectivity index (χ1) is 8.25. The van der Waals surface area contributed by atoms with Gasteiger partial charge in [0.2, 0.25) is 0 Å². The summed E-state index contributed by atoms with van der Waals surface area (Å²) in [7, 11) is 0. The van der Waals surface area contributed by atoms with Gasteiger partial charge in [0.05, 0.1) is 29.8 Å². The Labute approximate surface area is 107 Å². The highest BCUT2D eigenvalue weighted by Crippen LogP contribution is 2.22. The van der Waals surface area contributed by atoms with Gasteiger partial charge < -0.3 is 9.88 Å². The SMILES string of the molecule is O=C(c1csnc1Cl)N1CCc2nc[nH]c2C1. The molecule has 17 heavy (non-hydrogen) atoms. The Morgan fingerprint density at radius 1 is 1.59 bits per heavy atom. The summed E-state index contributed by atoms with van der Waals surface area (Å²) in [4.78, 5) is 21.2. The van der Waals surface area contributed by atoms with E-state index in [-0.39, 0.29) is 11.1 Å². The number of halogens is 1. The van der Waals surface area contributed by atoms with Crippen LogP contribution in [0, 0.1) is 0 Å². The van der Waals surface area contributed by atoms with Gasteiger partial charge in [-0.1, -0.05) is 11.6 Å². The van der Waals surface area contributed by atoms with E-state index in [1.54, 1.807) is 16.6 Å². The van der Waals surface area contributed by atoms with Crippen LogP contribution >= 0.6 is 23.1 Å². The van der Waals surface area contributed by atoms with E-state index >= 15 is 0 Å². The van der Waals surface area contributed by atoms with Crippen molar-refractivity contribution >= 4 is 29.0 Å². The molecule has 3 heterocycles. The fraction of sp³-hybridized carbons (Fsp3) is 0.300. The van der Waals surface area contributed by atoms with Gasteiger partial charge in [0.15, 0.2) is 5.15 Å². The van der Waals surface area contributed by atoms with Crippen molar-refractivity contribution in [3.05, 3.63) is 33.8 Å². The zero-order chi connectivity index (χ0) is 11.8. The zero-order valence-electron chi connectivity index (χ0n) is 8.81. The van der Waals surface area contributed by atoms with Crippen molar-refractivity contribution in [2.45, 2.75) is 13.0 Å². The Balaban J connectivity index is 1.84. The molecule has 5 nitrogen and oxygen atoms in total. The van der Waals surface area contributed by atoms with Gasteiger partial charge in [-0.05, 0) is 11.5 Å². The fourth-order valence-corrected chi connectivity index (χ4v) is 2.80. The van der Waals surface area contributed by atoms with E-state index in [1.807, 2.05) is 0 Å². The van der Waals surface area contributed by atoms with E-state index in [4.69, 9.17) is 11.6 Å². The quantitative estimate of drug-likeness (QED) is 0.857. The molecule has 1 amide bonds. The number of nitrogens with zero attached hydrogens (tertiary/aromatic N) is 3. The largest absolute Gasteiger partial charge is 0.347 e. The summed E-state index contributed by atoms with van der Waals surface area (Å²) in [5.41, 5.74) is 2.53. The van der Waals surface area contributed by atoms with Crippen molar-refractivity contribution in [2.75, 3.05) is 6.54 Å². The molecule has 3 rings (SSSR count). The molecule has 2 aromatic heterocycles. The van der Waals surface area contributed by atoms with Crippen molar-refractivity contribution < 1.29 is 4.79 Å². The summed E-state index contributed by atoms with van der Waals surface area (Å²) in [6, 6.07) is 0. The second-order valence-electron chi connectivity index (χ2n) is 3.82. The summed E-state index contributed by atoms with van der Waals surface area (Å²) in [6.07, 6.45) is 2.44. The van der Waals surface area contributed by atoms with E-state index in [2.05, 4.69) is 14.3 Å². The lowest BCUT2D eigenvalue weighted by Crippen LogP contribution is -2.36. The zero-order valence-corrected chi connectivity index (χ0v) is 10.4. The minimum absolute atomic E-state index is 0.0657. The van der Waals surface area contributed by atoms with E-state index < -0.39 is 0 Å². The van der Waals surface area contributed by atoms with Crippen molar-refractivity contribution in [1.29, 1.82) is 0 Å². The Hall–Kier alpha value is -1.40. The van der Waals surface area contributed by atoms with Crippen molar-refractivity contribution in [3.8, 4) is 0 Å². The number of aromatic amines is 1. The van der Waals surface area contributed by atoms with Crippen LogP contribution in [0.3, 0.4) is 0 Å². The molecule has 0 aromatic carbocycles. The summed E-state index contributed by atoms with van der Waals surface area (Å²) in [5, 5.41) is 1.98. The Morgan fingerprint density at radius 3 is 3.24 bits per heavy atom. The van der Waals surface area contributed by atoms with Gasteiger partial charge in [0.25, 0.3) is 5.91 Å². The monoisotopic (exact) mass is 268 g/mol. The van der Waals surface area contributed by atoms with Gasteiger partial charge in [0.1, 0.15) is 0 Å². The minimum Gasteiger partial charge on any atom is -0.347 e. The van der Waals surface area contributed by atoms with Crippen LogP contribution in [0.2, 0.25) is 5.15 Å². The fourth-order valence-electron chi connectivity index (χ4n) is 1.92. The second-order valence-corrected chi connectivity index (χ2v) is 4.81. The van der Waals surface area contributed by atoms with Gasteiger partial charge in [-0.3, -0.25) is 4.79 Å². The third-order valence-electron chi connectivity index (χ3n) is 2.82. The van der Waals surface area contributed by atoms with E-state index in [9.17, 15) is 4.79 Å². The molecular formula is C10H9ClN4OS. The van der Waals surface area contributed by atoms with E-state index in [1.165, 1.54) is 11.5 Å². The molecule has 0 radical (unpaired) electrons. The highest BCUT2D eigenvalue weighted by Gasteiger charge is 2.25. The number of imidazole rings is 1. The Kier molecular flexibility index (Phi) is 2.60.